The quantitative estimate of drug-likeness (QED) is 0.836. The van der Waals surface area contributed by atoms with Gasteiger partial charge in [0.2, 0.25) is 0 Å². The molecular formula is C13H17N3O2. The summed E-state index contributed by atoms with van der Waals surface area (Å²) in [6.07, 6.45) is 0. The number of nitrogen functional groups attached to an aromatic ring is 1. The first-order valence-electron chi connectivity index (χ1n) is 5.82. The number of aromatic nitrogens is 2. The monoisotopic (exact) mass is 247 g/mol. The lowest BCUT2D eigenvalue weighted by molar-refractivity contribution is 0.266. The summed E-state index contributed by atoms with van der Waals surface area (Å²) < 4.78 is 7.24. The molecule has 2 aromatic rings. The highest BCUT2D eigenvalue weighted by atomic mass is 16.5. The Morgan fingerprint density at radius 2 is 2.17 bits per heavy atom. The molecule has 0 bridgehead atoms. The second-order valence-corrected chi connectivity index (χ2v) is 4.06. The van der Waals surface area contributed by atoms with E-state index in [4.69, 9.17) is 15.6 Å². The van der Waals surface area contributed by atoms with Crippen molar-refractivity contribution in [3.63, 3.8) is 0 Å². The topological polar surface area (TPSA) is 73.3 Å². The maximum absolute atomic E-state index is 8.85. The van der Waals surface area contributed by atoms with Gasteiger partial charge in [-0.15, -0.1) is 0 Å². The van der Waals surface area contributed by atoms with Crippen molar-refractivity contribution in [1.82, 2.24) is 9.78 Å². The van der Waals surface area contributed by atoms with Gasteiger partial charge in [0.25, 0.3) is 0 Å². The maximum atomic E-state index is 8.85. The van der Waals surface area contributed by atoms with Gasteiger partial charge in [-0.25, -0.2) is 4.68 Å². The van der Waals surface area contributed by atoms with Gasteiger partial charge in [0.05, 0.1) is 13.2 Å². The molecule has 0 fully saturated rings. The lowest BCUT2D eigenvalue weighted by atomic mass is 10.2. The van der Waals surface area contributed by atoms with E-state index in [1.807, 2.05) is 31.2 Å². The molecule has 0 saturated carbocycles. The van der Waals surface area contributed by atoms with Crippen LogP contribution in [0.4, 0.5) is 5.82 Å². The Balaban J connectivity index is 2.02. The minimum atomic E-state index is 0.0178. The standard InChI is InChI=1S/C13H17N3O2/c1-10-4-2-3-5-12(10)18-9-11-8-13(14)16(15-11)6-7-17/h2-5,8,17H,6-7,9,14H2,1H3. The van der Waals surface area contributed by atoms with E-state index in [0.29, 0.717) is 19.0 Å². The largest absolute Gasteiger partial charge is 0.487 e. The normalized spacial score (nSPS) is 10.6. The fourth-order valence-electron chi connectivity index (χ4n) is 1.70. The van der Waals surface area contributed by atoms with Crippen molar-refractivity contribution in [1.29, 1.82) is 0 Å². The number of rotatable bonds is 5. The van der Waals surface area contributed by atoms with E-state index in [2.05, 4.69) is 5.10 Å². The van der Waals surface area contributed by atoms with Crippen molar-refractivity contribution >= 4 is 5.82 Å². The number of aryl methyl sites for hydroxylation is 1. The van der Waals surface area contributed by atoms with E-state index in [9.17, 15) is 0 Å². The molecule has 0 amide bonds. The molecule has 0 aliphatic carbocycles. The molecule has 3 N–H and O–H groups in total. The number of hydrogen-bond donors (Lipinski definition) is 2. The fourth-order valence-corrected chi connectivity index (χ4v) is 1.70. The number of nitrogens with zero attached hydrogens (tertiary/aromatic N) is 2. The number of benzene rings is 1. The van der Waals surface area contributed by atoms with Crippen molar-refractivity contribution in [3.05, 3.63) is 41.6 Å². The molecule has 5 heteroatoms. The molecule has 18 heavy (non-hydrogen) atoms. The second-order valence-electron chi connectivity index (χ2n) is 4.06. The third-order valence-electron chi connectivity index (χ3n) is 2.64. The van der Waals surface area contributed by atoms with Gasteiger partial charge in [-0.3, -0.25) is 0 Å². The summed E-state index contributed by atoms with van der Waals surface area (Å²) in [6, 6.07) is 9.57. The number of anilines is 1. The Kier molecular flexibility index (Phi) is 3.84. The molecule has 1 aromatic carbocycles. The van der Waals surface area contributed by atoms with Crippen LogP contribution in [0, 0.1) is 6.92 Å². The van der Waals surface area contributed by atoms with Crippen LogP contribution in [-0.4, -0.2) is 21.5 Å². The van der Waals surface area contributed by atoms with Gasteiger partial charge >= 0.3 is 0 Å². The molecule has 5 nitrogen and oxygen atoms in total. The average molecular weight is 247 g/mol. The Hall–Kier alpha value is -2.01. The van der Waals surface area contributed by atoms with Crippen LogP contribution in [0.2, 0.25) is 0 Å². The summed E-state index contributed by atoms with van der Waals surface area (Å²) in [5.41, 5.74) is 7.60. The molecule has 0 saturated heterocycles. The summed E-state index contributed by atoms with van der Waals surface area (Å²) in [5, 5.41) is 13.1. The Bertz CT molecular complexity index is 523. The van der Waals surface area contributed by atoms with Crippen LogP contribution in [0.25, 0.3) is 0 Å². The Morgan fingerprint density at radius 1 is 1.39 bits per heavy atom. The maximum Gasteiger partial charge on any atom is 0.132 e. The molecule has 0 aliphatic heterocycles. The third-order valence-corrected chi connectivity index (χ3v) is 2.64. The summed E-state index contributed by atoms with van der Waals surface area (Å²) in [7, 11) is 0. The number of aliphatic hydroxyl groups is 1. The van der Waals surface area contributed by atoms with Gasteiger partial charge in [-0.2, -0.15) is 5.10 Å². The van der Waals surface area contributed by atoms with Crippen LogP contribution in [0.5, 0.6) is 5.75 Å². The predicted octanol–water partition coefficient (Wildman–Crippen LogP) is 1.35. The van der Waals surface area contributed by atoms with Crippen LogP contribution in [-0.2, 0) is 13.2 Å². The molecular weight excluding hydrogens is 230 g/mol. The third kappa shape index (κ3) is 2.81. The SMILES string of the molecule is Cc1ccccc1OCc1cc(N)n(CCO)n1. The smallest absolute Gasteiger partial charge is 0.132 e. The van der Waals surface area contributed by atoms with Crippen LogP contribution in [0.1, 0.15) is 11.3 Å². The average Bonchev–Trinajstić information content (AvgIpc) is 2.70. The highest BCUT2D eigenvalue weighted by Gasteiger charge is 2.06. The number of ether oxygens (including phenoxy) is 1. The van der Waals surface area contributed by atoms with E-state index in [-0.39, 0.29) is 6.61 Å². The Labute approximate surface area is 106 Å². The molecule has 0 unspecified atom stereocenters. The van der Waals surface area contributed by atoms with Crippen LogP contribution < -0.4 is 10.5 Å². The van der Waals surface area contributed by atoms with Crippen molar-refractivity contribution in [2.24, 2.45) is 0 Å². The van der Waals surface area contributed by atoms with Gasteiger partial charge in [-0.1, -0.05) is 18.2 Å². The molecule has 0 radical (unpaired) electrons. The van der Waals surface area contributed by atoms with Crippen molar-refractivity contribution in [2.75, 3.05) is 12.3 Å². The highest BCUT2D eigenvalue weighted by molar-refractivity contribution is 5.33. The van der Waals surface area contributed by atoms with E-state index in [1.54, 1.807) is 10.7 Å². The molecule has 96 valence electrons. The van der Waals surface area contributed by atoms with Gasteiger partial charge < -0.3 is 15.6 Å². The van der Waals surface area contributed by atoms with Gasteiger partial charge in [0.1, 0.15) is 23.9 Å². The number of nitrogens with two attached hydrogens (primary N) is 1. The van der Waals surface area contributed by atoms with Crippen molar-refractivity contribution in [2.45, 2.75) is 20.1 Å². The zero-order valence-corrected chi connectivity index (χ0v) is 10.3. The lowest BCUT2D eigenvalue weighted by Gasteiger charge is -2.06. The predicted molar refractivity (Wildman–Crippen MR) is 69.2 cm³/mol. The number of aliphatic hydroxyl groups excluding tert-OH is 1. The highest BCUT2D eigenvalue weighted by Crippen LogP contribution is 2.18. The minimum absolute atomic E-state index is 0.0178. The van der Waals surface area contributed by atoms with Gasteiger partial charge in [0, 0.05) is 6.07 Å². The fraction of sp³-hybridized carbons (Fsp3) is 0.308. The van der Waals surface area contributed by atoms with Gasteiger partial charge in [0.15, 0.2) is 0 Å². The first kappa shape index (κ1) is 12.4. The van der Waals surface area contributed by atoms with E-state index >= 15 is 0 Å². The molecule has 0 spiro atoms. The summed E-state index contributed by atoms with van der Waals surface area (Å²) >= 11 is 0. The molecule has 0 aliphatic rings. The number of hydrogen-bond acceptors (Lipinski definition) is 4. The zero-order chi connectivity index (χ0) is 13.0. The molecule has 1 heterocycles. The molecule has 0 atom stereocenters. The van der Waals surface area contributed by atoms with Crippen molar-refractivity contribution in [3.8, 4) is 5.75 Å². The summed E-state index contributed by atoms with van der Waals surface area (Å²) in [4.78, 5) is 0. The number of para-hydroxylation sites is 1. The minimum Gasteiger partial charge on any atom is -0.487 e. The summed E-state index contributed by atoms with van der Waals surface area (Å²) in [6.45, 7) is 2.78. The first-order chi connectivity index (χ1) is 8.70. The molecule has 2 rings (SSSR count). The molecule has 1 aromatic heterocycles. The van der Waals surface area contributed by atoms with E-state index < -0.39 is 0 Å². The lowest BCUT2D eigenvalue weighted by Crippen LogP contribution is -2.08. The second kappa shape index (κ2) is 5.55. The Morgan fingerprint density at radius 3 is 2.89 bits per heavy atom. The van der Waals surface area contributed by atoms with Crippen molar-refractivity contribution < 1.29 is 9.84 Å². The first-order valence-corrected chi connectivity index (χ1v) is 5.82. The van der Waals surface area contributed by atoms with Crippen LogP contribution in [0.3, 0.4) is 0 Å². The van der Waals surface area contributed by atoms with E-state index in [0.717, 1.165) is 17.0 Å². The summed E-state index contributed by atoms with van der Waals surface area (Å²) in [5.74, 6) is 1.38. The van der Waals surface area contributed by atoms with Crippen LogP contribution >= 0.6 is 0 Å². The van der Waals surface area contributed by atoms with Crippen LogP contribution in [0.15, 0.2) is 30.3 Å². The van der Waals surface area contributed by atoms with E-state index in [1.165, 1.54) is 0 Å². The van der Waals surface area contributed by atoms with Gasteiger partial charge in [-0.05, 0) is 18.6 Å². The zero-order valence-electron chi connectivity index (χ0n) is 10.3.